The number of nitrogens with zero attached hydrogens (tertiary/aromatic N) is 6. The van der Waals surface area contributed by atoms with Gasteiger partial charge in [0, 0.05) is 18.0 Å². The number of carbonyl (C=O) groups excluding carboxylic acids is 1. The van der Waals surface area contributed by atoms with Crippen molar-refractivity contribution in [2.75, 3.05) is 26.0 Å². The van der Waals surface area contributed by atoms with Crippen molar-refractivity contribution in [1.82, 2.24) is 40.0 Å². The molecule has 0 saturated heterocycles. The van der Waals surface area contributed by atoms with Crippen molar-refractivity contribution in [3.63, 3.8) is 0 Å². The number of fused-ring (bicyclic) bond motifs is 2. The summed E-state index contributed by atoms with van der Waals surface area (Å²) in [5.41, 5.74) is 6.67. The van der Waals surface area contributed by atoms with E-state index in [0.29, 0.717) is 28.4 Å². The predicted molar refractivity (Wildman–Crippen MR) is 140 cm³/mol. The number of nitrogens with one attached hydrogen (secondary N) is 3. The highest BCUT2D eigenvalue weighted by Crippen LogP contribution is 2.32. The maximum Gasteiger partial charge on any atom is 0.238 e. The van der Waals surface area contributed by atoms with Crippen LogP contribution in [0.4, 0.5) is 5.69 Å². The Kier molecular flexibility index (Phi) is 5.47. The molecule has 0 aliphatic rings. The third-order valence-corrected chi connectivity index (χ3v) is 6.44. The topological polar surface area (TPSA) is 128 Å². The normalized spacial score (nSPS) is 11.5. The van der Waals surface area contributed by atoms with Crippen LogP contribution in [-0.4, -0.2) is 66.6 Å². The summed E-state index contributed by atoms with van der Waals surface area (Å²) in [6.07, 6.45) is 5.11. The van der Waals surface area contributed by atoms with E-state index >= 15 is 0 Å². The molecule has 10 nitrogen and oxygen atoms in total. The van der Waals surface area contributed by atoms with Crippen LogP contribution in [0.5, 0.6) is 0 Å². The molecule has 178 valence electrons. The first-order chi connectivity index (χ1) is 17.5. The fourth-order valence-corrected chi connectivity index (χ4v) is 4.72. The summed E-state index contributed by atoms with van der Waals surface area (Å²) >= 11 is 1.62. The number of carbonyl (C=O) groups is 1. The van der Waals surface area contributed by atoms with E-state index in [4.69, 9.17) is 9.97 Å². The smallest absolute Gasteiger partial charge is 0.238 e. The molecule has 6 heterocycles. The van der Waals surface area contributed by atoms with Gasteiger partial charge in [0.1, 0.15) is 16.7 Å². The summed E-state index contributed by atoms with van der Waals surface area (Å²) < 4.78 is 0. The third kappa shape index (κ3) is 4.10. The SMILES string of the molecule is CN(C)CC(=O)Nc1cncc(-c2ccc3[nH]nc(-c4nc5c(-c6cccs6)nccc5[nH]4)c3n2)c1. The maximum absolute atomic E-state index is 12.2. The van der Waals surface area contributed by atoms with Gasteiger partial charge >= 0.3 is 0 Å². The van der Waals surface area contributed by atoms with Crippen molar-refractivity contribution >= 4 is 45.0 Å². The molecule has 0 spiro atoms. The molecular weight excluding hydrogens is 474 g/mol. The number of likely N-dealkylation sites (N-methyl/N-ethyl adjacent to an activating group) is 1. The first-order valence-corrected chi connectivity index (χ1v) is 12.1. The lowest BCUT2D eigenvalue weighted by molar-refractivity contribution is -0.116. The van der Waals surface area contributed by atoms with Crippen LogP contribution in [0.3, 0.4) is 0 Å². The molecule has 0 saturated carbocycles. The van der Waals surface area contributed by atoms with Crippen molar-refractivity contribution in [1.29, 1.82) is 0 Å². The average molecular weight is 496 g/mol. The molecule has 6 rings (SSSR count). The molecule has 6 aromatic rings. The van der Waals surface area contributed by atoms with Crippen molar-refractivity contribution in [3.8, 4) is 33.3 Å². The fraction of sp³-hybridized carbons (Fsp3) is 0.120. The van der Waals surface area contributed by atoms with E-state index in [0.717, 1.165) is 32.7 Å². The van der Waals surface area contributed by atoms with Gasteiger partial charge in [-0.1, -0.05) is 6.07 Å². The van der Waals surface area contributed by atoms with Gasteiger partial charge in [-0.3, -0.25) is 19.9 Å². The highest BCUT2D eigenvalue weighted by atomic mass is 32.1. The quantitative estimate of drug-likeness (QED) is 0.316. The van der Waals surface area contributed by atoms with Crippen LogP contribution in [0.2, 0.25) is 0 Å². The molecule has 3 N–H and O–H groups in total. The zero-order valence-electron chi connectivity index (χ0n) is 19.5. The van der Waals surface area contributed by atoms with E-state index in [2.05, 4.69) is 30.5 Å². The second-order valence-corrected chi connectivity index (χ2v) is 9.48. The minimum Gasteiger partial charge on any atom is -0.336 e. The molecule has 11 heteroatoms. The number of aromatic amines is 2. The van der Waals surface area contributed by atoms with Crippen LogP contribution in [0.1, 0.15) is 0 Å². The second-order valence-electron chi connectivity index (χ2n) is 8.53. The minimum atomic E-state index is -0.110. The number of hydrogen-bond acceptors (Lipinski definition) is 8. The monoisotopic (exact) mass is 495 g/mol. The van der Waals surface area contributed by atoms with Crippen molar-refractivity contribution in [2.45, 2.75) is 0 Å². The molecule has 0 bridgehead atoms. The number of imidazole rings is 1. The summed E-state index contributed by atoms with van der Waals surface area (Å²) in [4.78, 5) is 36.9. The Balaban J connectivity index is 1.38. The third-order valence-electron chi connectivity index (χ3n) is 5.57. The molecular formula is C25H21N9OS. The maximum atomic E-state index is 12.2. The van der Waals surface area contributed by atoms with Gasteiger partial charge in [0.25, 0.3) is 0 Å². The molecule has 0 fully saturated rings. The zero-order chi connectivity index (χ0) is 24.6. The van der Waals surface area contributed by atoms with Gasteiger partial charge in [0.05, 0.1) is 40.0 Å². The number of thiophene rings is 1. The van der Waals surface area contributed by atoms with Gasteiger partial charge in [-0.15, -0.1) is 11.3 Å². The molecule has 0 unspecified atom stereocenters. The molecule has 0 atom stereocenters. The van der Waals surface area contributed by atoms with Crippen LogP contribution < -0.4 is 5.32 Å². The lowest BCUT2D eigenvalue weighted by atomic mass is 10.1. The van der Waals surface area contributed by atoms with Crippen molar-refractivity contribution < 1.29 is 4.79 Å². The van der Waals surface area contributed by atoms with E-state index in [-0.39, 0.29) is 12.5 Å². The Labute approximate surface area is 209 Å². The average Bonchev–Trinajstić information content (AvgIpc) is 3.62. The molecule has 6 aromatic heterocycles. The van der Waals surface area contributed by atoms with Gasteiger partial charge in [-0.25, -0.2) is 9.97 Å². The molecule has 36 heavy (non-hydrogen) atoms. The summed E-state index contributed by atoms with van der Waals surface area (Å²) in [5.74, 6) is 0.496. The van der Waals surface area contributed by atoms with E-state index in [1.165, 1.54) is 0 Å². The van der Waals surface area contributed by atoms with E-state index in [9.17, 15) is 4.79 Å². The summed E-state index contributed by atoms with van der Waals surface area (Å²) in [6, 6.07) is 11.6. The highest BCUT2D eigenvalue weighted by molar-refractivity contribution is 7.13. The minimum absolute atomic E-state index is 0.110. The fourth-order valence-electron chi connectivity index (χ4n) is 4.00. The van der Waals surface area contributed by atoms with Crippen molar-refractivity contribution in [3.05, 3.63) is 60.4 Å². The van der Waals surface area contributed by atoms with Crippen LogP contribution in [0, 0.1) is 0 Å². The van der Waals surface area contributed by atoms with Gasteiger partial charge in [0.15, 0.2) is 11.5 Å². The van der Waals surface area contributed by atoms with Crippen LogP contribution >= 0.6 is 11.3 Å². The van der Waals surface area contributed by atoms with Gasteiger partial charge in [0.2, 0.25) is 5.91 Å². The molecule has 1 amide bonds. The lowest BCUT2D eigenvalue weighted by Gasteiger charge is -2.10. The first kappa shape index (κ1) is 22.0. The number of pyridine rings is 3. The Bertz CT molecular complexity index is 1700. The van der Waals surface area contributed by atoms with E-state index < -0.39 is 0 Å². The number of hydrogen-bond donors (Lipinski definition) is 3. The highest BCUT2D eigenvalue weighted by Gasteiger charge is 2.18. The zero-order valence-corrected chi connectivity index (χ0v) is 20.3. The Hall–Kier alpha value is -4.48. The Morgan fingerprint density at radius 3 is 2.78 bits per heavy atom. The first-order valence-electron chi connectivity index (χ1n) is 11.2. The number of aromatic nitrogens is 7. The lowest BCUT2D eigenvalue weighted by Crippen LogP contribution is -2.27. The number of anilines is 1. The number of rotatable bonds is 6. The molecule has 0 aliphatic carbocycles. The van der Waals surface area contributed by atoms with Gasteiger partial charge in [-0.2, -0.15) is 5.10 Å². The predicted octanol–water partition coefficient (Wildman–Crippen LogP) is 4.19. The second kappa shape index (κ2) is 8.95. The molecule has 0 aliphatic heterocycles. The standard InChI is InChI=1S/C25H21N9OS/c1-34(2)13-20(35)28-15-10-14(11-26-12-15)16-5-6-18-22(29-16)24(33-32-18)25-30-17-7-8-27-23(21(17)31-25)19-4-3-9-36-19/h3-12H,13H2,1-2H3,(H,28,35)(H,30,31)(H,32,33). The summed E-state index contributed by atoms with van der Waals surface area (Å²) in [5, 5.41) is 12.4. The van der Waals surface area contributed by atoms with Crippen LogP contribution in [-0.2, 0) is 4.79 Å². The van der Waals surface area contributed by atoms with E-state index in [1.807, 2.05) is 55.9 Å². The van der Waals surface area contributed by atoms with Crippen LogP contribution in [0.25, 0.3) is 55.4 Å². The molecule has 0 aromatic carbocycles. The van der Waals surface area contributed by atoms with E-state index in [1.54, 1.807) is 34.8 Å². The van der Waals surface area contributed by atoms with Gasteiger partial charge < -0.3 is 15.2 Å². The molecule has 0 radical (unpaired) electrons. The summed E-state index contributed by atoms with van der Waals surface area (Å²) in [7, 11) is 3.69. The largest absolute Gasteiger partial charge is 0.336 e. The number of H-pyrrole nitrogens is 2. The summed E-state index contributed by atoms with van der Waals surface area (Å²) in [6.45, 7) is 0.286. The van der Waals surface area contributed by atoms with Crippen LogP contribution in [0.15, 0.2) is 60.4 Å². The van der Waals surface area contributed by atoms with Crippen molar-refractivity contribution in [2.24, 2.45) is 0 Å². The van der Waals surface area contributed by atoms with Gasteiger partial charge in [-0.05, 0) is 49.8 Å². The number of amides is 1. The Morgan fingerprint density at radius 2 is 1.94 bits per heavy atom. The Morgan fingerprint density at radius 1 is 1.06 bits per heavy atom.